The van der Waals surface area contributed by atoms with Crippen molar-refractivity contribution >= 4 is 15.9 Å². The van der Waals surface area contributed by atoms with E-state index in [2.05, 4.69) is 0 Å². The molecule has 0 bridgehead atoms. The van der Waals surface area contributed by atoms with E-state index < -0.39 is 10.0 Å². The van der Waals surface area contributed by atoms with Gasteiger partial charge in [0.25, 0.3) is 5.91 Å². The molecule has 6 nitrogen and oxygen atoms in total. The fourth-order valence-electron chi connectivity index (χ4n) is 3.72. The Morgan fingerprint density at radius 1 is 0.839 bits per heavy atom. The molecule has 1 aliphatic heterocycles. The number of phenolic OH excluding ortho intramolecular Hbond substituents is 1. The summed E-state index contributed by atoms with van der Waals surface area (Å²) in [5.74, 6) is -0.377. The number of carbonyl (C=O) groups is 1. The highest BCUT2D eigenvalue weighted by atomic mass is 32.2. The summed E-state index contributed by atoms with van der Waals surface area (Å²) in [6, 6.07) is 21.9. The van der Waals surface area contributed by atoms with Crippen LogP contribution in [0.15, 0.2) is 77.7 Å². The molecule has 3 aromatic rings. The van der Waals surface area contributed by atoms with Crippen LogP contribution in [0.1, 0.15) is 15.9 Å². The van der Waals surface area contributed by atoms with E-state index >= 15 is 0 Å². The van der Waals surface area contributed by atoms with Gasteiger partial charge in [-0.05, 0) is 47.9 Å². The molecular formula is C24H24N2O4S. The van der Waals surface area contributed by atoms with E-state index in [4.69, 9.17) is 0 Å². The molecule has 0 radical (unpaired) electrons. The van der Waals surface area contributed by atoms with Gasteiger partial charge in [0.2, 0.25) is 10.0 Å². The van der Waals surface area contributed by atoms with Gasteiger partial charge in [-0.15, -0.1) is 0 Å². The first kappa shape index (κ1) is 21.1. The van der Waals surface area contributed by atoms with Gasteiger partial charge in [0.05, 0.1) is 0 Å². The van der Waals surface area contributed by atoms with Crippen LogP contribution in [0.4, 0.5) is 0 Å². The first-order chi connectivity index (χ1) is 14.9. The van der Waals surface area contributed by atoms with Crippen molar-refractivity contribution in [3.63, 3.8) is 0 Å². The van der Waals surface area contributed by atoms with Gasteiger partial charge < -0.3 is 10.0 Å². The average molecular weight is 437 g/mol. The molecular weight excluding hydrogens is 412 g/mol. The SMILES string of the molecule is Cc1ccc(O)c(S(=O)(=O)N2CCN(C(=O)c3ccc(-c4ccccc4)cc3)CC2)c1. The van der Waals surface area contributed by atoms with Crippen LogP contribution in [0, 0.1) is 6.92 Å². The van der Waals surface area contributed by atoms with Crippen molar-refractivity contribution in [2.45, 2.75) is 11.8 Å². The van der Waals surface area contributed by atoms with Gasteiger partial charge in [-0.1, -0.05) is 48.5 Å². The lowest BCUT2D eigenvalue weighted by Crippen LogP contribution is -2.50. The van der Waals surface area contributed by atoms with Crippen LogP contribution in [0.3, 0.4) is 0 Å². The Kier molecular flexibility index (Phi) is 5.80. The molecule has 4 rings (SSSR count). The average Bonchev–Trinajstić information content (AvgIpc) is 2.81. The number of aromatic hydroxyl groups is 1. The van der Waals surface area contributed by atoms with Crippen LogP contribution in [0.25, 0.3) is 11.1 Å². The maximum absolute atomic E-state index is 12.9. The summed E-state index contributed by atoms with van der Waals surface area (Å²) in [4.78, 5) is 14.5. The van der Waals surface area contributed by atoms with Crippen LogP contribution in [0.5, 0.6) is 5.75 Å². The van der Waals surface area contributed by atoms with Crippen molar-refractivity contribution in [3.05, 3.63) is 83.9 Å². The lowest BCUT2D eigenvalue weighted by atomic mass is 10.0. The predicted molar refractivity (Wildman–Crippen MR) is 119 cm³/mol. The van der Waals surface area contributed by atoms with E-state index in [1.807, 2.05) is 42.5 Å². The molecule has 1 saturated heterocycles. The number of phenols is 1. The molecule has 0 atom stereocenters. The first-order valence-corrected chi connectivity index (χ1v) is 11.5. The minimum Gasteiger partial charge on any atom is -0.507 e. The minimum absolute atomic E-state index is 0.0937. The third-order valence-corrected chi connectivity index (χ3v) is 7.43. The molecule has 7 heteroatoms. The highest BCUT2D eigenvalue weighted by molar-refractivity contribution is 7.89. The van der Waals surface area contributed by atoms with Crippen molar-refractivity contribution in [2.24, 2.45) is 0 Å². The number of hydrogen-bond donors (Lipinski definition) is 1. The number of piperazine rings is 1. The van der Waals surface area contributed by atoms with E-state index in [0.29, 0.717) is 18.7 Å². The minimum atomic E-state index is -3.82. The van der Waals surface area contributed by atoms with E-state index in [-0.39, 0.29) is 29.6 Å². The monoisotopic (exact) mass is 436 g/mol. The quantitative estimate of drug-likeness (QED) is 0.679. The standard InChI is InChI=1S/C24H24N2O4S/c1-18-7-12-22(27)23(17-18)31(29,30)26-15-13-25(14-16-26)24(28)21-10-8-20(9-11-21)19-5-3-2-4-6-19/h2-12,17,27H,13-16H2,1H3. The molecule has 1 N–H and O–H groups in total. The van der Waals surface area contributed by atoms with Crippen molar-refractivity contribution in [1.82, 2.24) is 9.21 Å². The summed E-state index contributed by atoms with van der Waals surface area (Å²) in [5.41, 5.74) is 3.45. The lowest BCUT2D eigenvalue weighted by Gasteiger charge is -2.34. The molecule has 0 aliphatic carbocycles. The van der Waals surface area contributed by atoms with Gasteiger partial charge in [0, 0.05) is 31.7 Å². The molecule has 0 saturated carbocycles. The second-order valence-electron chi connectivity index (χ2n) is 7.61. The van der Waals surface area contributed by atoms with Gasteiger partial charge in [-0.2, -0.15) is 4.31 Å². The number of rotatable bonds is 4. The summed E-state index contributed by atoms with van der Waals surface area (Å²) in [5, 5.41) is 10.0. The number of nitrogens with zero attached hydrogens (tertiary/aromatic N) is 2. The van der Waals surface area contributed by atoms with E-state index in [0.717, 1.165) is 16.7 Å². The largest absolute Gasteiger partial charge is 0.507 e. The van der Waals surface area contributed by atoms with E-state index in [1.54, 1.807) is 30.0 Å². The highest BCUT2D eigenvalue weighted by Crippen LogP contribution is 2.28. The Labute approximate surface area is 182 Å². The molecule has 1 heterocycles. The fraction of sp³-hybridized carbons (Fsp3) is 0.208. The van der Waals surface area contributed by atoms with Crippen LogP contribution in [-0.4, -0.2) is 54.8 Å². The Balaban J connectivity index is 1.44. The Bertz CT molecular complexity index is 1180. The molecule has 0 unspecified atom stereocenters. The summed E-state index contributed by atoms with van der Waals surface area (Å²) >= 11 is 0. The Morgan fingerprint density at radius 3 is 2.10 bits per heavy atom. The zero-order valence-electron chi connectivity index (χ0n) is 17.2. The van der Waals surface area contributed by atoms with Crippen LogP contribution in [0.2, 0.25) is 0 Å². The molecule has 3 aromatic carbocycles. The highest BCUT2D eigenvalue weighted by Gasteiger charge is 2.32. The number of carbonyl (C=O) groups excluding carboxylic acids is 1. The number of benzene rings is 3. The lowest BCUT2D eigenvalue weighted by molar-refractivity contribution is 0.0698. The molecule has 160 valence electrons. The molecule has 31 heavy (non-hydrogen) atoms. The third-order valence-electron chi connectivity index (χ3n) is 5.50. The summed E-state index contributed by atoms with van der Waals surface area (Å²) in [6.45, 7) is 2.74. The van der Waals surface area contributed by atoms with Gasteiger partial charge in [-0.25, -0.2) is 8.42 Å². The zero-order valence-corrected chi connectivity index (χ0v) is 18.0. The van der Waals surface area contributed by atoms with Crippen molar-refractivity contribution in [2.75, 3.05) is 26.2 Å². The second kappa shape index (κ2) is 8.53. The van der Waals surface area contributed by atoms with Gasteiger partial charge in [-0.3, -0.25) is 4.79 Å². The normalized spacial score (nSPS) is 15.1. The first-order valence-electron chi connectivity index (χ1n) is 10.1. The summed E-state index contributed by atoms with van der Waals surface area (Å²) in [6.07, 6.45) is 0. The number of amides is 1. The van der Waals surface area contributed by atoms with E-state index in [9.17, 15) is 18.3 Å². The smallest absolute Gasteiger partial charge is 0.253 e. The van der Waals surface area contributed by atoms with Crippen molar-refractivity contribution in [1.29, 1.82) is 0 Å². The van der Waals surface area contributed by atoms with Crippen LogP contribution in [-0.2, 0) is 10.0 Å². The number of hydrogen-bond acceptors (Lipinski definition) is 4. The van der Waals surface area contributed by atoms with E-state index in [1.165, 1.54) is 16.4 Å². The maximum Gasteiger partial charge on any atom is 0.253 e. The van der Waals surface area contributed by atoms with Gasteiger partial charge >= 0.3 is 0 Å². The Hall–Kier alpha value is -3.16. The third kappa shape index (κ3) is 4.33. The molecule has 1 amide bonds. The molecule has 0 spiro atoms. The second-order valence-corrected chi connectivity index (χ2v) is 9.52. The van der Waals surface area contributed by atoms with Gasteiger partial charge in [0.15, 0.2) is 0 Å². The number of sulfonamides is 1. The van der Waals surface area contributed by atoms with Crippen molar-refractivity contribution in [3.8, 4) is 16.9 Å². The molecule has 0 aromatic heterocycles. The van der Waals surface area contributed by atoms with Crippen molar-refractivity contribution < 1.29 is 18.3 Å². The predicted octanol–water partition coefficient (Wildman–Crippen LogP) is 3.51. The Morgan fingerprint density at radius 2 is 1.45 bits per heavy atom. The molecule has 1 fully saturated rings. The fourth-order valence-corrected chi connectivity index (χ4v) is 5.31. The van der Waals surface area contributed by atoms with Crippen LogP contribution >= 0.6 is 0 Å². The maximum atomic E-state index is 12.9. The summed E-state index contributed by atoms with van der Waals surface area (Å²) < 4.78 is 27.2. The topological polar surface area (TPSA) is 77.9 Å². The van der Waals surface area contributed by atoms with Gasteiger partial charge in [0.1, 0.15) is 10.6 Å². The summed E-state index contributed by atoms with van der Waals surface area (Å²) in [7, 11) is -3.82. The zero-order chi connectivity index (χ0) is 22.0. The van der Waals surface area contributed by atoms with Crippen LogP contribution < -0.4 is 0 Å². The molecule has 1 aliphatic rings. The number of aryl methyl sites for hydroxylation is 1.